The molecule has 0 heterocycles. The first-order chi connectivity index (χ1) is 8.11. The predicted octanol–water partition coefficient (Wildman–Crippen LogP) is 1.82. The summed E-state index contributed by atoms with van der Waals surface area (Å²) in [5.41, 5.74) is 0.968. The van der Waals surface area contributed by atoms with Gasteiger partial charge in [0, 0.05) is 20.1 Å². The Balaban J connectivity index is 2.26. The molecular formula is C13H19NO3. The van der Waals surface area contributed by atoms with E-state index in [0.717, 1.165) is 12.0 Å². The Morgan fingerprint density at radius 3 is 2.65 bits per heavy atom. The molecule has 0 bridgehead atoms. The quantitative estimate of drug-likeness (QED) is 0.793. The van der Waals surface area contributed by atoms with E-state index in [4.69, 9.17) is 9.84 Å². The van der Waals surface area contributed by atoms with Crippen LogP contribution in [0, 0.1) is 0 Å². The van der Waals surface area contributed by atoms with Crippen LogP contribution in [0.5, 0.6) is 5.75 Å². The minimum atomic E-state index is 0.0157. The summed E-state index contributed by atoms with van der Waals surface area (Å²) in [7, 11) is 1.64. The molecule has 0 fully saturated rings. The van der Waals surface area contributed by atoms with Crippen LogP contribution < -0.4 is 5.32 Å². The van der Waals surface area contributed by atoms with Crippen LogP contribution in [0.25, 0.3) is 0 Å². The van der Waals surface area contributed by atoms with Gasteiger partial charge in [0.2, 0.25) is 5.91 Å². The van der Waals surface area contributed by atoms with Crippen LogP contribution in [0.3, 0.4) is 0 Å². The number of methoxy groups -OCH3 is 1. The van der Waals surface area contributed by atoms with Crippen LogP contribution in [-0.2, 0) is 16.1 Å². The van der Waals surface area contributed by atoms with E-state index in [1.807, 2.05) is 6.92 Å². The van der Waals surface area contributed by atoms with Gasteiger partial charge in [-0.25, -0.2) is 0 Å². The van der Waals surface area contributed by atoms with E-state index in [2.05, 4.69) is 5.32 Å². The van der Waals surface area contributed by atoms with Crippen LogP contribution in [0.2, 0.25) is 0 Å². The van der Waals surface area contributed by atoms with Gasteiger partial charge in [-0.1, -0.05) is 12.1 Å². The standard InChI is InChI=1S/C13H19NO3/c1-10(17-2)3-8-13(16)14-9-11-4-6-12(15)7-5-11/h4-7,10,15H,3,8-9H2,1-2H3,(H,14,16). The maximum atomic E-state index is 11.5. The molecule has 1 atom stereocenters. The zero-order chi connectivity index (χ0) is 12.7. The van der Waals surface area contributed by atoms with Crippen molar-refractivity contribution in [2.75, 3.05) is 7.11 Å². The normalized spacial score (nSPS) is 12.1. The molecular weight excluding hydrogens is 218 g/mol. The lowest BCUT2D eigenvalue weighted by Gasteiger charge is -2.09. The molecule has 1 rings (SSSR count). The lowest BCUT2D eigenvalue weighted by atomic mass is 10.2. The third-order valence-electron chi connectivity index (χ3n) is 2.61. The van der Waals surface area contributed by atoms with Crippen LogP contribution in [0.4, 0.5) is 0 Å². The first-order valence-electron chi connectivity index (χ1n) is 5.69. The number of ether oxygens (including phenoxy) is 1. The zero-order valence-electron chi connectivity index (χ0n) is 10.3. The molecule has 0 aliphatic rings. The van der Waals surface area contributed by atoms with Crippen molar-refractivity contribution in [3.63, 3.8) is 0 Å². The van der Waals surface area contributed by atoms with E-state index in [-0.39, 0.29) is 17.8 Å². The molecule has 94 valence electrons. The second kappa shape index (κ2) is 6.91. The average molecular weight is 237 g/mol. The number of carbonyl (C=O) groups excluding carboxylic acids is 1. The maximum Gasteiger partial charge on any atom is 0.220 e. The van der Waals surface area contributed by atoms with E-state index in [9.17, 15) is 4.79 Å². The van der Waals surface area contributed by atoms with Gasteiger partial charge in [0.25, 0.3) is 0 Å². The highest BCUT2D eigenvalue weighted by Crippen LogP contribution is 2.09. The molecule has 1 aromatic carbocycles. The molecule has 0 saturated carbocycles. The fraction of sp³-hybridized carbons (Fsp3) is 0.462. The second-order valence-corrected chi connectivity index (χ2v) is 4.03. The Bertz CT molecular complexity index is 348. The number of nitrogens with one attached hydrogen (secondary N) is 1. The molecule has 1 unspecified atom stereocenters. The number of carbonyl (C=O) groups is 1. The molecule has 1 amide bonds. The topological polar surface area (TPSA) is 58.6 Å². The van der Waals surface area contributed by atoms with E-state index in [1.165, 1.54) is 0 Å². The fourth-order valence-electron chi connectivity index (χ4n) is 1.36. The van der Waals surface area contributed by atoms with Crippen molar-refractivity contribution < 1.29 is 14.6 Å². The van der Waals surface area contributed by atoms with Crippen molar-refractivity contribution in [2.24, 2.45) is 0 Å². The molecule has 0 aliphatic heterocycles. The molecule has 4 nitrogen and oxygen atoms in total. The number of rotatable bonds is 6. The van der Waals surface area contributed by atoms with Crippen molar-refractivity contribution >= 4 is 5.91 Å². The van der Waals surface area contributed by atoms with Gasteiger partial charge in [-0.15, -0.1) is 0 Å². The molecule has 0 radical (unpaired) electrons. The van der Waals surface area contributed by atoms with Gasteiger partial charge in [0.05, 0.1) is 6.10 Å². The summed E-state index contributed by atoms with van der Waals surface area (Å²) < 4.78 is 5.07. The van der Waals surface area contributed by atoms with E-state index in [1.54, 1.807) is 31.4 Å². The first-order valence-corrected chi connectivity index (χ1v) is 5.69. The second-order valence-electron chi connectivity index (χ2n) is 4.03. The Morgan fingerprint density at radius 1 is 1.41 bits per heavy atom. The Kier molecular flexibility index (Phi) is 5.49. The van der Waals surface area contributed by atoms with Crippen molar-refractivity contribution in [3.8, 4) is 5.75 Å². The Morgan fingerprint density at radius 2 is 2.06 bits per heavy atom. The van der Waals surface area contributed by atoms with Gasteiger partial charge in [0.15, 0.2) is 0 Å². The average Bonchev–Trinajstić information content (AvgIpc) is 2.35. The van der Waals surface area contributed by atoms with Crippen molar-refractivity contribution in [1.29, 1.82) is 0 Å². The number of hydrogen-bond donors (Lipinski definition) is 2. The smallest absolute Gasteiger partial charge is 0.220 e. The number of amides is 1. The van der Waals surface area contributed by atoms with Gasteiger partial charge >= 0.3 is 0 Å². The molecule has 0 aromatic heterocycles. The predicted molar refractivity (Wildman–Crippen MR) is 65.7 cm³/mol. The summed E-state index contributed by atoms with van der Waals surface area (Å²) in [6.07, 6.45) is 1.29. The van der Waals surface area contributed by atoms with Gasteiger partial charge < -0.3 is 15.2 Å². The minimum Gasteiger partial charge on any atom is -0.508 e. The van der Waals surface area contributed by atoms with Gasteiger partial charge in [-0.05, 0) is 31.0 Å². The summed E-state index contributed by atoms with van der Waals surface area (Å²) in [6.45, 7) is 2.42. The molecule has 0 aliphatic carbocycles. The summed E-state index contributed by atoms with van der Waals surface area (Å²) in [5, 5.41) is 11.9. The largest absolute Gasteiger partial charge is 0.508 e. The van der Waals surface area contributed by atoms with Crippen LogP contribution in [-0.4, -0.2) is 24.2 Å². The Labute approximate surface area is 102 Å². The third kappa shape index (κ3) is 5.36. The molecule has 4 heteroatoms. The van der Waals surface area contributed by atoms with E-state index in [0.29, 0.717) is 13.0 Å². The number of phenolic OH excluding ortho intramolecular Hbond substituents is 1. The summed E-state index contributed by atoms with van der Waals surface area (Å²) in [5.74, 6) is 0.246. The van der Waals surface area contributed by atoms with Crippen LogP contribution in [0.15, 0.2) is 24.3 Å². The van der Waals surface area contributed by atoms with Crippen molar-refractivity contribution in [2.45, 2.75) is 32.4 Å². The number of hydrogen-bond acceptors (Lipinski definition) is 3. The molecule has 0 saturated heterocycles. The number of aromatic hydroxyl groups is 1. The summed E-state index contributed by atoms with van der Waals surface area (Å²) in [4.78, 5) is 11.5. The SMILES string of the molecule is COC(C)CCC(=O)NCc1ccc(O)cc1. The number of phenols is 1. The zero-order valence-corrected chi connectivity index (χ0v) is 10.3. The monoisotopic (exact) mass is 237 g/mol. The maximum absolute atomic E-state index is 11.5. The molecule has 1 aromatic rings. The highest BCUT2D eigenvalue weighted by Gasteiger charge is 2.05. The van der Waals surface area contributed by atoms with Gasteiger partial charge in [-0.3, -0.25) is 4.79 Å². The summed E-state index contributed by atoms with van der Waals surface area (Å²) >= 11 is 0. The third-order valence-corrected chi connectivity index (χ3v) is 2.61. The molecule has 2 N–H and O–H groups in total. The lowest BCUT2D eigenvalue weighted by Crippen LogP contribution is -2.23. The molecule has 17 heavy (non-hydrogen) atoms. The fourth-order valence-corrected chi connectivity index (χ4v) is 1.36. The van der Waals surface area contributed by atoms with E-state index >= 15 is 0 Å². The lowest BCUT2D eigenvalue weighted by molar-refractivity contribution is -0.121. The first kappa shape index (κ1) is 13.5. The minimum absolute atomic E-state index is 0.0157. The van der Waals surface area contributed by atoms with Crippen molar-refractivity contribution in [1.82, 2.24) is 5.32 Å². The van der Waals surface area contributed by atoms with Crippen LogP contribution in [0.1, 0.15) is 25.3 Å². The number of benzene rings is 1. The highest BCUT2D eigenvalue weighted by atomic mass is 16.5. The van der Waals surface area contributed by atoms with Crippen LogP contribution >= 0.6 is 0 Å². The highest BCUT2D eigenvalue weighted by molar-refractivity contribution is 5.75. The van der Waals surface area contributed by atoms with Gasteiger partial charge in [-0.2, -0.15) is 0 Å². The van der Waals surface area contributed by atoms with Gasteiger partial charge in [0.1, 0.15) is 5.75 Å². The van der Waals surface area contributed by atoms with Crippen molar-refractivity contribution in [3.05, 3.63) is 29.8 Å². The van der Waals surface area contributed by atoms with E-state index < -0.39 is 0 Å². The summed E-state index contributed by atoms with van der Waals surface area (Å²) in [6, 6.07) is 6.78. The Hall–Kier alpha value is -1.55. The molecule has 0 spiro atoms.